The Bertz CT molecular complexity index is 1070. The van der Waals surface area contributed by atoms with Crippen LogP contribution in [-0.4, -0.2) is 34.7 Å². The number of rotatable bonds is 33. The molecule has 0 unspecified atom stereocenters. The lowest BCUT2D eigenvalue weighted by atomic mass is 10.0. The predicted molar refractivity (Wildman–Crippen MR) is 218 cm³/mol. The van der Waals surface area contributed by atoms with Crippen LogP contribution < -0.4 is 0 Å². The molecule has 0 bridgehead atoms. The molecule has 0 heterocycles. The van der Waals surface area contributed by atoms with Gasteiger partial charge < -0.3 is 24.5 Å². The van der Waals surface area contributed by atoms with Crippen molar-refractivity contribution in [3.8, 4) is 0 Å². The van der Waals surface area contributed by atoms with E-state index in [0.717, 1.165) is 75.1 Å². The minimum atomic E-state index is -0.673. The lowest BCUT2D eigenvalue weighted by Gasteiger charge is -2.05. The Morgan fingerprint density at radius 3 is 1.09 bits per heavy atom. The van der Waals surface area contributed by atoms with Crippen LogP contribution in [-0.2, 0) is 37.1 Å². The van der Waals surface area contributed by atoms with Crippen LogP contribution in [0.1, 0.15) is 191 Å². The van der Waals surface area contributed by atoms with Crippen LogP contribution in [0.3, 0.4) is 0 Å². The highest BCUT2D eigenvalue weighted by Crippen LogP contribution is 2.14. The molecule has 0 fully saturated rings. The summed E-state index contributed by atoms with van der Waals surface area (Å²) in [6, 6.07) is 19.3. The van der Waals surface area contributed by atoms with Gasteiger partial charge >= 0.3 is 11.9 Å². The van der Waals surface area contributed by atoms with Gasteiger partial charge in [0, 0.05) is 25.7 Å². The molecule has 0 aliphatic rings. The molecule has 53 heavy (non-hydrogen) atoms. The van der Waals surface area contributed by atoms with E-state index in [4.69, 9.17) is 14.9 Å². The summed E-state index contributed by atoms with van der Waals surface area (Å²) < 4.78 is 5.29. The monoisotopic (exact) mass is 739 g/mol. The Morgan fingerprint density at radius 2 is 0.774 bits per heavy atom. The van der Waals surface area contributed by atoms with E-state index in [0.29, 0.717) is 19.4 Å². The predicted octanol–water partition coefficient (Wildman–Crippen LogP) is 12.3. The number of aldehydes is 2. The SMILES string of the molecule is O=CCCCCCCCCCCCCCCC(=O)O.O=CCCCCCCCCCCCCCCC(=O)OCc1ccccc1.OCc1ccccc1. The Kier molecular flexibility index (Phi) is 38.8. The van der Waals surface area contributed by atoms with E-state index in [1.807, 2.05) is 60.7 Å². The van der Waals surface area contributed by atoms with Crippen LogP contribution in [0, 0.1) is 0 Å². The highest BCUT2D eigenvalue weighted by Gasteiger charge is 2.03. The maximum Gasteiger partial charge on any atom is 0.306 e. The van der Waals surface area contributed by atoms with Crippen molar-refractivity contribution in [1.82, 2.24) is 0 Å². The van der Waals surface area contributed by atoms with Crippen molar-refractivity contribution in [3.05, 3.63) is 71.8 Å². The first kappa shape index (κ1) is 49.7. The highest BCUT2D eigenvalue weighted by atomic mass is 16.5. The molecule has 300 valence electrons. The summed E-state index contributed by atoms with van der Waals surface area (Å²) in [5.74, 6) is -0.755. The fourth-order valence-electron chi connectivity index (χ4n) is 5.93. The topological polar surface area (TPSA) is 118 Å². The molecule has 0 saturated carbocycles. The van der Waals surface area contributed by atoms with Crippen LogP contribution >= 0.6 is 0 Å². The highest BCUT2D eigenvalue weighted by molar-refractivity contribution is 5.69. The summed E-state index contributed by atoms with van der Waals surface area (Å²) >= 11 is 0. The fraction of sp³-hybridized carbons (Fsp3) is 0.652. The van der Waals surface area contributed by atoms with Crippen LogP contribution in [0.4, 0.5) is 0 Å². The Labute approximate surface area is 322 Å². The van der Waals surface area contributed by atoms with Gasteiger partial charge in [-0.15, -0.1) is 0 Å². The third kappa shape index (κ3) is 39.7. The van der Waals surface area contributed by atoms with Crippen molar-refractivity contribution in [1.29, 1.82) is 0 Å². The second-order valence-corrected chi connectivity index (χ2v) is 14.1. The third-order valence-electron chi connectivity index (χ3n) is 9.18. The zero-order valence-corrected chi connectivity index (χ0v) is 33.1. The molecule has 0 spiro atoms. The zero-order valence-electron chi connectivity index (χ0n) is 33.1. The second kappa shape index (κ2) is 41.4. The van der Waals surface area contributed by atoms with Crippen molar-refractivity contribution in [3.63, 3.8) is 0 Å². The van der Waals surface area contributed by atoms with E-state index < -0.39 is 5.97 Å². The van der Waals surface area contributed by atoms with E-state index in [2.05, 4.69) is 0 Å². The number of ether oxygens (including phenoxy) is 1. The zero-order chi connectivity index (χ0) is 38.7. The van der Waals surface area contributed by atoms with E-state index >= 15 is 0 Å². The van der Waals surface area contributed by atoms with Crippen molar-refractivity contribution in [2.75, 3.05) is 0 Å². The van der Waals surface area contributed by atoms with Gasteiger partial charge in [0.05, 0.1) is 6.61 Å². The molecule has 2 aromatic rings. The number of aliphatic carboxylic acids is 1. The van der Waals surface area contributed by atoms with Gasteiger partial charge in [0.2, 0.25) is 0 Å². The molecule has 7 heteroatoms. The summed E-state index contributed by atoms with van der Waals surface area (Å²) in [7, 11) is 0. The summed E-state index contributed by atoms with van der Waals surface area (Å²) in [6.07, 6.45) is 33.4. The molecule has 2 aromatic carbocycles. The van der Waals surface area contributed by atoms with E-state index in [1.165, 1.54) is 116 Å². The Hall–Kier alpha value is -3.32. The van der Waals surface area contributed by atoms with E-state index in [1.54, 1.807) is 0 Å². The van der Waals surface area contributed by atoms with Gasteiger partial charge in [0.25, 0.3) is 0 Å². The molecule has 2 N–H and O–H groups in total. The average Bonchev–Trinajstić information content (AvgIpc) is 3.18. The van der Waals surface area contributed by atoms with Gasteiger partial charge in [0.1, 0.15) is 19.2 Å². The number of aliphatic hydroxyl groups excluding tert-OH is 1. The first-order valence-corrected chi connectivity index (χ1v) is 21.0. The minimum absolute atomic E-state index is 0.0815. The smallest absolute Gasteiger partial charge is 0.306 e. The standard InChI is InChI=1S/C23H36O3.C16H30O3.C7H8O/c24-20-16-11-9-7-5-3-1-2-4-6-8-10-15-19-23(25)26-21-22-17-13-12-14-18-22;17-15-13-11-9-7-5-3-1-2-4-6-8-10-12-14-16(18)19;8-6-7-4-2-1-3-5-7/h12-14,17-18,20H,1-11,15-16,19,21H2;15H,1-14H2,(H,18,19);1-5,8H,6H2. The molecular weight excluding hydrogens is 664 g/mol. The maximum atomic E-state index is 11.7. The molecule has 0 aliphatic carbocycles. The van der Waals surface area contributed by atoms with Crippen molar-refractivity contribution in [2.24, 2.45) is 0 Å². The molecule has 0 atom stereocenters. The van der Waals surface area contributed by atoms with Gasteiger partial charge in [-0.3, -0.25) is 9.59 Å². The summed E-state index contributed by atoms with van der Waals surface area (Å²) in [5.41, 5.74) is 2.01. The summed E-state index contributed by atoms with van der Waals surface area (Å²) in [6.45, 7) is 0.525. The quantitative estimate of drug-likeness (QED) is 0.0425. The number of hydrogen-bond donors (Lipinski definition) is 2. The number of carbonyl (C=O) groups is 4. The van der Waals surface area contributed by atoms with Crippen LogP contribution in [0.25, 0.3) is 0 Å². The van der Waals surface area contributed by atoms with Gasteiger partial charge in [-0.1, -0.05) is 189 Å². The van der Waals surface area contributed by atoms with Crippen molar-refractivity contribution in [2.45, 2.75) is 193 Å². The first-order chi connectivity index (χ1) is 26.0. The number of carboxylic acid groups (broad SMARTS) is 1. The Morgan fingerprint density at radius 1 is 0.453 bits per heavy atom. The molecule has 7 nitrogen and oxygen atoms in total. The van der Waals surface area contributed by atoms with Gasteiger partial charge in [-0.2, -0.15) is 0 Å². The average molecular weight is 739 g/mol. The third-order valence-corrected chi connectivity index (χ3v) is 9.18. The normalized spacial score (nSPS) is 10.4. The molecule has 2 rings (SSSR count). The van der Waals surface area contributed by atoms with Crippen LogP contribution in [0.15, 0.2) is 60.7 Å². The largest absolute Gasteiger partial charge is 0.481 e. The van der Waals surface area contributed by atoms with Crippen molar-refractivity contribution < 1.29 is 34.1 Å². The summed E-state index contributed by atoms with van der Waals surface area (Å²) in [4.78, 5) is 42.3. The van der Waals surface area contributed by atoms with E-state index in [-0.39, 0.29) is 12.6 Å². The molecule has 0 saturated heterocycles. The lowest BCUT2D eigenvalue weighted by molar-refractivity contribution is -0.145. The molecule has 0 aliphatic heterocycles. The number of hydrogen-bond acceptors (Lipinski definition) is 6. The number of aliphatic hydroxyl groups is 1. The first-order valence-electron chi connectivity index (χ1n) is 21.0. The van der Waals surface area contributed by atoms with Crippen LogP contribution in [0.2, 0.25) is 0 Å². The lowest BCUT2D eigenvalue weighted by Crippen LogP contribution is -2.04. The Balaban J connectivity index is 0.000000868. The number of benzene rings is 2. The number of unbranched alkanes of at least 4 members (excludes halogenated alkanes) is 24. The fourth-order valence-corrected chi connectivity index (χ4v) is 5.93. The number of esters is 1. The second-order valence-electron chi connectivity index (χ2n) is 14.1. The van der Waals surface area contributed by atoms with Crippen LogP contribution in [0.5, 0.6) is 0 Å². The van der Waals surface area contributed by atoms with Gasteiger partial charge in [-0.25, -0.2) is 0 Å². The molecule has 0 aromatic heterocycles. The molecule has 0 amide bonds. The molecular formula is C46H74O7. The van der Waals surface area contributed by atoms with Crippen molar-refractivity contribution >= 4 is 24.5 Å². The van der Waals surface area contributed by atoms with Gasteiger partial charge in [-0.05, 0) is 36.8 Å². The number of carboxylic acids is 1. The number of carbonyl (C=O) groups excluding carboxylic acids is 3. The van der Waals surface area contributed by atoms with E-state index in [9.17, 15) is 19.2 Å². The minimum Gasteiger partial charge on any atom is -0.481 e. The maximum absolute atomic E-state index is 11.7. The summed E-state index contributed by atoms with van der Waals surface area (Å²) in [5, 5.41) is 17.0. The van der Waals surface area contributed by atoms with Gasteiger partial charge in [0.15, 0.2) is 0 Å². The molecule has 0 radical (unpaired) electrons.